The number of nitrogens with one attached hydrogen (secondary N) is 1. The monoisotopic (exact) mass is 308 g/mol. The van der Waals surface area contributed by atoms with Gasteiger partial charge in [0.25, 0.3) is 9.84 Å². The van der Waals surface area contributed by atoms with Crippen LogP contribution >= 0.6 is 0 Å². The summed E-state index contributed by atoms with van der Waals surface area (Å²) in [6, 6.07) is 5.19. The quantitative estimate of drug-likeness (QED) is 0.905. The van der Waals surface area contributed by atoms with Gasteiger partial charge in [0.05, 0.1) is 10.6 Å². The molecule has 0 saturated carbocycles. The standard InChI is InChI=1S/C12H15F3N2O2S/c1-9-8-16-6-7-17(9)10-4-2-3-5-11(10)20(18,19)12(13,14)15/h2-5,9,16H,6-8H2,1H3. The molecule has 0 radical (unpaired) electrons. The Kier molecular flexibility index (Phi) is 3.97. The summed E-state index contributed by atoms with van der Waals surface area (Å²) in [6.07, 6.45) is 0. The fraction of sp³-hybridized carbons (Fsp3) is 0.500. The average Bonchev–Trinajstić information content (AvgIpc) is 2.38. The van der Waals surface area contributed by atoms with Crippen molar-refractivity contribution in [1.29, 1.82) is 0 Å². The Morgan fingerprint density at radius 3 is 2.55 bits per heavy atom. The zero-order valence-corrected chi connectivity index (χ0v) is 11.6. The molecule has 1 fully saturated rings. The van der Waals surface area contributed by atoms with Crippen molar-refractivity contribution in [2.45, 2.75) is 23.4 Å². The molecule has 1 unspecified atom stereocenters. The molecule has 1 atom stereocenters. The second-order valence-electron chi connectivity index (χ2n) is 4.66. The first-order chi connectivity index (χ1) is 9.25. The zero-order valence-electron chi connectivity index (χ0n) is 10.8. The van der Waals surface area contributed by atoms with E-state index in [1.165, 1.54) is 12.1 Å². The lowest BCUT2D eigenvalue weighted by Gasteiger charge is -2.36. The lowest BCUT2D eigenvalue weighted by Crippen LogP contribution is -2.50. The summed E-state index contributed by atoms with van der Waals surface area (Å²) in [5.74, 6) is 0. The van der Waals surface area contributed by atoms with Gasteiger partial charge < -0.3 is 10.2 Å². The van der Waals surface area contributed by atoms with E-state index in [9.17, 15) is 21.6 Å². The number of alkyl halides is 3. The van der Waals surface area contributed by atoms with Crippen molar-refractivity contribution in [1.82, 2.24) is 5.32 Å². The van der Waals surface area contributed by atoms with Crippen LogP contribution in [0.15, 0.2) is 29.2 Å². The smallest absolute Gasteiger partial charge is 0.365 e. The molecule has 1 saturated heterocycles. The van der Waals surface area contributed by atoms with E-state index in [1.807, 2.05) is 6.92 Å². The Morgan fingerprint density at radius 2 is 1.95 bits per heavy atom. The van der Waals surface area contributed by atoms with Gasteiger partial charge in [0, 0.05) is 25.7 Å². The molecular formula is C12H15F3N2O2S. The van der Waals surface area contributed by atoms with E-state index >= 15 is 0 Å². The van der Waals surface area contributed by atoms with Crippen molar-refractivity contribution in [3.63, 3.8) is 0 Å². The number of sulfone groups is 1. The molecule has 0 aliphatic carbocycles. The van der Waals surface area contributed by atoms with Gasteiger partial charge in [-0.1, -0.05) is 12.1 Å². The third kappa shape index (κ3) is 2.62. The minimum Gasteiger partial charge on any atom is -0.365 e. The first-order valence-electron chi connectivity index (χ1n) is 6.13. The lowest BCUT2D eigenvalue weighted by atomic mass is 10.2. The van der Waals surface area contributed by atoms with Crippen LogP contribution in [0.3, 0.4) is 0 Å². The van der Waals surface area contributed by atoms with Gasteiger partial charge in [-0.3, -0.25) is 0 Å². The fourth-order valence-electron chi connectivity index (χ4n) is 2.25. The molecule has 1 aliphatic rings. The molecule has 1 N–H and O–H groups in total. The van der Waals surface area contributed by atoms with Crippen molar-refractivity contribution in [2.24, 2.45) is 0 Å². The number of halogens is 3. The van der Waals surface area contributed by atoms with E-state index in [1.54, 1.807) is 11.0 Å². The number of rotatable bonds is 2. The van der Waals surface area contributed by atoms with Crippen LogP contribution in [0.4, 0.5) is 18.9 Å². The van der Waals surface area contributed by atoms with E-state index in [0.717, 1.165) is 6.07 Å². The summed E-state index contributed by atoms with van der Waals surface area (Å²) in [7, 11) is -5.34. The SMILES string of the molecule is CC1CNCCN1c1ccccc1S(=O)(=O)C(F)(F)F. The molecule has 8 heteroatoms. The summed E-state index contributed by atoms with van der Waals surface area (Å²) in [4.78, 5) is 1.01. The molecule has 2 rings (SSSR count). The van der Waals surface area contributed by atoms with E-state index < -0.39 is 20.2 Å². The highest BCUT2D eigenvalue weighted by Crippen LogP contribution is 2.36. The summed E-state index contributed by atoms with van der Waals surface area (Å²) in [5, 5.41) is 3.11. The Bertz CT molecular complexity index is 587. The number of nitrogens with zero attached hydrogens (tertiary/aromatic N) is 1. The number of piperazine rings is 1. The molecule has 1 heterocycles. The van der Waals surface area contributed by atoms with Crippen molar-refractivity contribution in [3.05, 3.63) is 24.3 Å². The first kappa shape index (κ1) is 15.1. The molecule has 0 bridgehead atoms. The van der Waals surface area contributed by atoms with Crippen LogP contribution < -0.4 is 10.2 Å². The molecule has 1 aromatic carbocycles. The van der Waals surface area contributed by atoms with Crippen molar-refractivity contribution in [3.8, 4) is 0 Å². The zero-order chi connectivity index (χ0) is 15.0. The normalized spacial score (nSPS) is 21.0. The minimum atomic E-state index is -5.34. The molecular weight excluding hydrogens is 293 g/mol. The summed E-state index contributed by atoms with van der Waals surface area (Å²) >= 11 is 0. The molecule has 20 heavy (non-hydrogen) atoms. The number of benzene rings is 1. The second-order valence-corrected chi connectivity index (χ2v) is 6.57. The van der Waals surface area contributed by atoms with Crippen LogP contribution in [-0.4, -0.2) is 39.6 Å². The third-order valence-corrected chi connectivity index (χ3v) is 4.80. The van der Waals surface area contributed by atoms with E-state index in [-0.39, 0.29) is 11.7 Å². The predicted octanol–water partition coefficient (Wildman–Crippen LogP) is 1.78. The predicted molar refractivity (Wildman–Crippen MR) is 69.4 cm³/mol. The van der Waals surface area contributed by atoms with Crippen LogP contribution in [0.25, 0.3) is 0 Å². The molecule has 0 amide bonds. The maximum atomic E-state index is 12.7. The van der Waals surface area contributed by atoms with Gasteiger partial charge in [0.15, 0.2) is 0 Å². The van der Waals surface area contributed by atoms with Crippen LogP contribution in [0.2, 0.25) is 0 Å². The van der Waals surface area contributed by atoms with Gasteiger partial charge >= 0.3 is 5.51 Å². The van der Waals surface area contributed by atoms with Crippen LogP contribution in [0.1, 0.15) is 6.92 Å². The van der Waals surface area contributed by atoms with Gasteiger partial charge in [-0.05, 0) is 19.1 Å². The van der Waals surface area contributed by atoms with Gasteiger partial charge in [-0.25, -0.2) is 8.42 Å². The molecule has 0 spiro atoms. The fourth-order valence-corrected chi connectivity index (χ4v) is 3.21. The van der Waals surface area contributed by atoms with E-state index in [2.05, 4.69) is 5.32 Å². The summed E-state index contributed by atoms with van der Waals surface area (Å²) in [5.41, 5.74) is -5.18. The number of para-hydroxylation sites is 1. The summed E-state index contributed by atoms with van der Waals surface area (Å²) < 4.78 is 61.5. The Hall–Kier alpha value is -1.28. The highest BCUT2D eigenvalue weighted by Gasteiger charge is 2.48. The number of hydrogen-bond acceptors (Lipinski definition) is 4. The lowest BCUT2D eigenvalue weighted by molar-refractivity contribution is -0.0435. The maximum absolute atomic E-state index is 12.7. The minimum absolute atomic E-state index is 0.0756. The summed E-state index contributed by atoms with van der Waals surface area (Å²) in [6.45, 7) is 3.50. The average molecular weight is 308 g/mol. The highest BCUT2D eigenvalue weighted by molar-refractivity contribution is 7.92. The third-order valence-electron chi connectivity index (χ3n) is 3.27. The van der Waals surface area contributed by atoms with E-state index in [4.69, 9.17) is 0 Å². The molecule has 112 valence electrons. The highest BCUT2D eigenvalue weighted by atomic mass is 32.2. The van der Waals surface area contributed by atoms with Crippen LogP contribution in [0.5, 0.6) is 0 Å². The van der Waals surface area contributed by atoms with E-state index in [0.29, 0.717) is 19.6 Å². The van der Waals surface area contributed by atoms with Crippen LogP contribution in [0, 0.1) is 0 Å². The van der Waals surface area contributed by atoms with Crippen molar-refractivity contribution < 1.29 is 21.6 Å². The topological polar surface area (TPSA) is 49.4 Å². The second kappa shape index (κ2) is 5.25. The Labute approximate surface area is 115 Å². The van der Waals surface area contributed by atoms with Crippen molar-refractivity contribution >= 4 is 15.5 Å². The molecule has 0 aromatic heterocycles. The number of anilines is 1. The van der Waals surface area contributed by atoms with Gasteiger partial charge in [0.1, 0.15) is 0 Å². The molecule has 4 nitrogen and oxygen atoms in total. The van der Waals surface area contributed by atoms with Gasteiger partial charge in [-0.15, -0.1) is 0 Å². The number of hydrogen-bond donors (Lipinski definition) is 1. The van der Waals surface area contributed by atoms with Crippen molar-refractivity contribution in [2.75, 3.05) is 24.5 Å². The maximum Gasteiger partial charge on any atom is 0.501 e. The van der Waals surface area contributed by atoms with Crippen LogP contribution in [-0.2, 0) is 9.84 Å². The Balaban J connectivity index is 2.51. The molecule has 1 aliphatic heterocycles. The molecule has 1 aromatic rings. The first-order valence-corrected chi connectivity index (χ1v) is 7.61. The van der Waals surface area contributed by atoms with Gasteiger partial charge in [-0.2, -0.15) is 13.2 Å². The Morgan fingerprint density at radius 1 is 1.30 bits per heavy atom. The largest absolute Gasteiger partial charge is 0.501 e. The van der Waals surface area contributed by atoms with Gasteiger partial charge in [0.2, 0.25) is 0 Å².